The Kier molecular flexibility index (Phi) is 10.1. The molecule has 0 aliphatic rings. The molecule has 0 heterocycles. The molecule has 166 valence electrons. The minimum atomic E-state index is 0.0725. The molecule has 0 saturated carbocycles. The molecule has 2 aromatic carbocycles. The monoisotopic (exact) mass is 417 g/mol. The van der Waals surface area contributed by atoms with Crippen LogP contribution in [-0.4, -0.2) is 47.1 Å². The van der Waals surface area contributed by atoms with Gasteiger partial charge in [0.1, 0.15) is 6.10 Å². The summed E-state index contributed by atoms with van der Waals surface area (Å²) in [5.41, 5.74) is 0. The minimum Gasteiger partial charge on any atom is -0.493 e. The number of benzene rings is 2. The lowest BCUT2D eigenvalue weighted by molar-refractivity contribution is 0.135. The number of ether oxygens (including phenoxy) is 5. The summed E-state index contributed by atoms with van der Waals surface area (Å²) >= 11 is 0. The minimum absolute atomic E-state index is 0.0725. The fourth-order valence-electron chi connectivity index (χ4n) is 3.13. The summed E-state index contributed by atoms with van der Waals surface area (Å²) in [7, 11) is 4.91. The molecule has 0 bridgehead atoms. The van der Waals surface area contributed by atoms with Crippen molar-refractivity contribution in [2.75, 3.05) is 41.0 Å². The van der Waals surface area contributed by atoms with Gasteiger partial charge < -0.3 is 29.0 Å². The van der Waals surface area contributed by atoms with E-state index in [4.69, 9.17) is 23.7 Å². The average molecular weight is 418 g/mol. The molecule has 0 aliphatic heterocycles. The third-order valence-corrected chi connectivity index (χ3v) is 4.82. The molecular weight excluding hydrogens is 382 g/mol. The second kappa shape index (κ2) is 12.9. The van der Waals surface area contributed by atoms with E-state index >= 15 is 0 Å². The van der Waals surface area contributed by atoms with Crippen molar-refractivity contribution in [1.29, 1.82) is 0 Å². The lowest BCUT2D eigenvalue weighted by Gasteiger charge is -2.24. The zero-order valence-electron chi connectivity index (χ0n) is 18.8. The van der Waals surface area contributed by atoms with E-state index in [1.165, 1.54) is 0 Å². The third kappa shape index (κ3) is 7.02. The van der Waals surface area contributed by atoms with Crippen LogP contribution in [0.1, 0.15) is 26.7 Å². The molecule has 1 unspecified atom stereocenters. The van der Waals surface area contributed by atoms with E-state index in [2.05, 4.69) is 19.2 Å². The Morgan fingerprint density at radius 3 is 2.10 bits per heavy atom. The number of hydrogen-bond acceptors (Lipinski definition) is 6. The first-order valence-electron chi connectivity index (χ1n) is 10.4. The van der Waals surface area contributed by atoms with Gasteiger partial charge in [0, 0.05) is 0 Å². The van der Waals surface area contributed by atoms with Crippen LogP contribution >= 0.6 is 0 Å². The van der Waals surface area contributed by atoms with E-state index in [0.717, 1.165) is 37.4 Å². The van der Waals surface area contributed by atoms with Crippen LogP contribution in [0.2, 0.25) is 0 Å². The van der Waals surface area contributed by atoms with Crippen molar-refractivity contribution in [3.8, 4) is 28.7 Å². The molecule has 0 saturated heterocycles. The van der Waals surface area contributed by atoms with Crippen molar-refractivity contribution in [3.05, 3.63) is 42.5 Å². The maximum absolute atomic E-state index is 6.27. The van der Waals surface area contributed by atoms with Gasteiger partial charge >= 0.3 is 0 Å². The van der Waals surface area contributed by atoms with E-state index in [1.54, 1.807) is 21.3 Å². The van der Waals surface area contributed by atoms with E-state index in [1.807, 2.05) is 42.5 Å². The maximum atomic E-state index is 6.27. The van der Waals surface area contributed by atoms with Crippen molar-refractivity contribution in [3.63, 3.8) is 0 Å². The third-order valence-electron chi connectivity index (χ3n) is 4.82. The molecule has 0 fully saturated rings. The zero-order chi connectivity index (χ0) is 21.8. The molecule has 0 aliphatic carbocycles. The number of hydrogen-bond donors (Lipinski definition) is 1. The Hall–Kier alpha value is -2.60. The molecule has 6 nitrogen and oxygen atoms in total. The number of rotatable bonds is 14. The Labute approximate surface area is 180 Å². The van der Waals surface area contributed by atoms with E-state index in [-0.39, 0.29) is 6.10 Å². The van der Waals surface area contributed by atoms with Gasteiger partial charge in [-0.3, -0.25) is 0 Å². The van der Waals surface area contributed by atoms with Gasteiger partial charge in [-0.1, -0.05) is 32.0 Å². The summed E-state index contributed by atoms with van der Waals surface area (Å²) in [5, 5.41) is 3.48. The van der Waals surface area contributed by atoms with Crippen LogP contribution in [0.15, 0.2) is 42.5 Å². The Balaban J connectivity index is 1.74. The van der Waals surface area contributed by atoms with E-state index in [0.29, 0.717) is 29.8 Å². The fourth-order valence-corrected chi connectivity index (χ4v) is 3.13. The average Bonchev–Trinajstić information content (AvgIpc) is 2.77. The lowest BCUT2D eigenvalue weighted by atomic mass is 10.0. The molecule has 2 aromatic rings. The second-order valence-corrected chi connectivity index (χ2v) is 7.28. The van der Waals surface area contributed by atoms with E-state index < -0.39 is 0 Å². The first-order chi connectivity index (χ1) is 14.6. The molecule has 0 aromatic heterocycles. The van der Waals surface area contributed by atoms with Crippen molar-refractivity contribution >= 4 is 0 Å². The molecule has 2 rings (SSSR count). The Bertz CT molecular complexity index is 750. The largest absolute Gasteiger partial charge is 0.493 e. The van der Waals surface area contributed by atoms with Gasteiger partial charge in [0.2, 0.25) is 5.75 Å². The summed E-state index contributed by atoms with van der Waals surface area (Å²) in [6.07, 6.45) is 1.88. The highest BCUT2D eigenvalue weighted by Gasteiger charge is 2.19. The number of para-hydroxylation sites is 3. The summed E-state index contributed by atoms with van der Waals surface area (Å²) in [4.78, 5) is 0. The fraction of sp³-hybridized carbons (Fsp3) is 0.500. The van der Waals surface area contributed by atoms with Crippen LogP contribution in [0, 0.1) is 5.92 Å². The maximum Gasteiger partial charge on any atom is 0.203 e. The van der Waals surface area contributed by atoms with E-state index in [9.17, 15) is 0 Å². The molecule has 0 spiro atoms. The molecule has 6 heteroatoms. The first kappa shape index (κ1) is 23.7. The molecular formula is C24H35NO5. The SMILES string of the molecule is COc1ccccc1OCCCNCCC(Oc1cccc(OC)c1OC)C(C)C. The zero-order valence-corrected chi connectivity index (χ0v) is 18.8. The number of nitrogens with one attached hydrogen (secondary N) is 1. The van der Waals surface area contributed by atoms with Gasteiger partial charge in [0.25, 0.3) is 0 Å². The molecule has 30 heavy (non-hydrogen) atoms. The Morgan fingerprint density at radius 2 is 1.43 bits per heavy atom. The standard InChI is InChI=1S/C24H35NO5/c1-18(2)19(30-23-13-8-12-22(27-4)24(23)28-5)14-16-25-15-9-17-29-21-11-7-6-10-20(21)26-3/h6-8,10-13,18-19,25H,9,14-17H2,1-5H3. The highest BCUT2D eigenvalue weighted by atomic mass is 16.5. The second-order valence-electron chi connectivity index (χ2n) is 7.28. The number of methoxy groups -OCH3 is 3. The molecule has 1 atom stereocenters. The predicted octanol–water partition coefficient (Wildman–Crippen LogP) is 4.56. The predicted molar refractivity (Wildman–Crippen MR) is 119 cm³/mol. The van der Waals surface area contributed by atoms with Gasteiger partial charge in [0.05, 0.1) is 27.9 Å². The van der Waals surface area contributed by atoms with Gasteiger partial charge in [-0.25, -0.2) is 0 Å². The summed E-state index contributed by atoms with van der Waals surface area (Å²) in [5.74, 6) is 3.92. The summed E-state index contributed by atoms with van der Waals surface area (Å²) < 4.78 is 28.2. The topological polar surface area (TPSA) is 58.2 Å². The van der Waals surface area contributed by atoms with Crippen LogP contribution in [0.4, 0.5) is 0 Å². The van der Waals surface area contributed by atoms with Crippen molar-refractivity contribution in [2.24, 2.45) is 5.92 Å². The van der Waals surface area contributed by atoms with Crippen molar-refractivity contribution < 1.29 is 23.7 Å². The van der Waals surface area contributed by atoms with Gasteiger partial charge in [-0.15, -0.1) is 0 Å². The quantitative estimate of drug-likeness (QED) is 0.455. The smallest absolute Gasteiger partial charge is 0.203 e. The highest BCUT2D eigenvalue weighted by Crippen LogP contribution is 2.37. The van der Waals surface area contributed by atoms with Gasteiger partial charge in [-0.2, -0.15) is 0 Å². The lowest BCUT2D eigenvalue weighted by Crippen LogP contribution is -2.29. The van der Waals surface area contributed by atoms with Gasteiger partial charge in [0.15, 0.2) is 23.0 Å². The van der Waals surface area contributed by atoms with Crippen LogP contribution in [-0.2, 0) is 0 Å². The van der Waals surface area contributed by atoms with Crippen molar-refractivity contribution in [2.45, 2.75) is 32.8 Å². The summed E-state index contributed by atoms with van der Waals surface area (Å²) in [6.45, 7) is 6.71. The first-order valence-corrected chi connectivity index (χ1v) is 10.4. The summed E-state index contributed by atoms with van der Waals surface area (Å²) in [6, 6.07) is 13.4. The van der Waals surface area contributed by atoms with Crippen LogP contribution < -0.4 is 29.0 Å². The Morgan fingerprint density at radius 1 is 0.767 bits per heavy atom. The molecule has 0 radical (unpaired) electrons. The van der Waals surface area contributed by atoms with Crippen LogP contribution in [0.3, 0.4) is 0 Å². The highest BCUT2D eigenvalue weighted by molar-refractivity contribution is 5.51. The van der Waals surface area contributed by atoms with Gasteiger partial charge in [-0.05, 0) is 56.1 Å². The molecule has 0 amide bonds. The molecule has 1 N–H and O–H groups in total. The van der Waals surface area contributed by atoms with Crippen LogP contribution in [0.25, 0.3) is 0 Å². The van der Waals surface area contributed by atoms with Crippen LogP contribution in [0.5, 0.6) is 28.7 Å². The normalized spacial score (nSPS) is 11.8. The van der Waals surface area contributed by atoms with Crippen molar-refractivity contribution in [1.82, 2.24) is 5.32 Å².